The molecule has 2 fully saturated rings. The molecule has 2 N–H and O–H groups in total. The number of carbonyl (C=O) groups is 1. The molecule has 2 bridgehead atoms. The Morgan fingerprint density at radius 1 is 1.23 bits per heavy atom. The number of rotatable bonds is 1. The van der Waals surface area contributed by atoms with Crippen LogP contribution in [0.15, 0.2) is 18.2 Å². The molecule has 2 amide bonds. The number of anilines is 1. The summed E-state index contributed by atoms with van der Waals surface area (Å²) < 4.78 is 0. The number of H-pyrrole nitrogens is 1. The van der Waals surface area contributed by atoms with Gasteiger partial charge in [0.05, 0.1) is 0 Å². The molecule has 2 aliphatic rings. The minimum absolute atomic E-state index is 0.0243. The van der Waals surface area contributed by atoms with Crippen LogP contribution in [-0.4, -0.2) is 63.5 Å². The maximum atomic E-state index is 12.5. The van der Waals surface area contributed by atoms with Gasteiger partial charge in [-0.15, -0.1) is 0 Å². The predicted molar refractivity (Wildman–Crippen MR) is 83.7 cm³/mol. The number of nitrogens with one attached hydrogen (secondary N) is 2. The largest absolute Gasteiger partial charge is 0.323 e. The van der Waals surface area contributed by atoms with Crippen LogP contribution in [0.25, 0.3) is 11.0 Å². The van der Waals surface area contributed by atoms with Gasteiger partial charge in [0.25, 0.3) is 0 Å². The maximum absolute atomic E-state index is 12.5. The number of nitrogens with zero attached hydrogens (tertiary/aromatic N) is 4. The third-order valence-corrected chi connectivity index (χ3v) is 5.00. The van der Waals surface area contributed by atoms with E-state index in [1.807, 2.05) is 23.1 Å². The summed E-state index contributed by atoms with van der Waals surface area (Å²) in [4.78, 5) is 16.9. The molecule has 2 saturated heterocycles. The molecule has 2 atom stereocenters. The van der Waals surface area contributed by atoms with Crippen LogP contribution in [-0.2, 0) is 0 Å². The van der Waals surface area contributed by atoms with Gasteiger partial charge in [0, 0.05) is 30.9 Å². The Kier molecular flexibility index (Phi) is 3.22. The number of likely N-dealkylation sites (tertiary alicyclic amines) is 1. The normalized spacial score (nSPS) is 25.4. The van der Waals surface area contributed by atoms with E-state index in [4.69, 9.17) is 0 Å². The fourth-order valence-electron chi connectivity index (χ4n) is 3.61. The lowest BCUT2D eigenvalue weighted by Gasteiger charge is -2.26. The molecule has 0 spiro atoms. The van der Waals surface area contributed by atoms with Crippen LogP contribution in [0.4, 0.5) is 10.5 Å². The van der Waals surface area contributed by atoms with Crippen LogP contribution in [0.3, 0.4) is 0 Å². The van der Waals surface area contributed by atoms with Crippen LogP contribution in [0.1, 0.15) is 19.3 Å². The summed E-state index contributed by atoms with van der Waals surface area (Å²) in [6.45, 7) is 1.63. The molecule has 4 rings (SSSR count). The van der Waals surface area contributed by atoms with Gasteiger partial charge < -0.3 is 10.2 Å². The van der Waals surface area contributed by atoms with Gasteiger partial charge in [-0.1, -0.05) is 0 Å². The van der Waals surface area contributed by atoms with Crippen molar-refractivity contribution in [2.24, 2.45) is 0 Å². The average molecular weight is 300 g/mol. The van der Waals surface area contributed by atoms with E-state index < -0.39 is 0 Å². The first-order chi connectivity index (χ1) is 10.7. The first-order valence-corrected chi connectivity index (χ1v) is 7.79. The van der Waals surface area contributed by atoms with E-state index in [-0.39, 0.29) is 6.03 Å². The third kappa shape index (κ3) is 2.31. The molecule has 0 unspecified atom stereocenters. The van der Waals surface area contributed by atoms with E-state index in [9.17, 15) is 4.79 Å². The van der Waals surface area contributed by atoms with Gasteiger partial charge in [0.2, 0.25) is 0 Å². The highest BCUT2D eigenvalue weighted by Crippen LogP contribution is 2.28. The minimum atomic E-state index is -0.0243. The van der Waals surface area contributed by atoms with E-state index >= 15 is 0 Å². The summed E-state index contributed by atoms with van der Waals surface area (Å²) in [5.74, 6) is 0. The molecule has 2 aromatic rings. The van der Waals surface area contributed by atoms with Gasteiger partial charge in [-0.3, -0.25) is 4.90 Å². The van der Waals surface area contributed by atoms with Crippen LogP contribution >= 0.6 is 0 Å². The molecule has 7 nitrogen and oxygen atoms in total. The van der Waals surface area contributed by atoms with Gasteiger partial charge in [-0.2, -0.15) is 15.4 Å². The van der Waals surface area contributed by atoms with Crippen molar-refractivity contribution in [1.82, 2.24) is 25.2 Å². The second-order valence-electron chi connectivity index (χ2n) is 6.24. The fraction of sp³-hybridized carbons (Fsp3) is 0.533. The van der Waals surface area contributed by atoms with E-state index in [0.717, 1.165) is 36.2 Å². The molecule has 7 heteroatoms. The van der Waals surface area contributed by atoms with Gasteiger partial charge in [-0.05, 0) is 44.5 Å². The highest BCUT2D eigenvalue weighted by Gasteiger charge is 2.35. The molecular weight excluding hydrogens is 280 g/mol. The summed E-state index contributed by atoms with van der Waals surface area (Å²) in [6.07, 6.45) is 3.51. The third-order valence-electron chi connectivity index (χ3n) is 5.00. The number of likely N-dealkylation sites (N-methyl/N-ethyl adjacent to an activating group) is 1. The Morgan fingerprint density at radius 2 is 2.05 bits per heavy atom. The van der Waals surface area contributed by atoms with Crippen molar-refractivity contribution in [3.05, 3.63) is 18.2 Å². The fourth-order valence-corrected chi connectivity index (χ4v) is 3.61. The quantitative estimate of drug-likeness (QED) is 0.839. The van der Waals surface area contributed by atoms with Gasteiger partial charge in [0.15, 0.2) is 0 Å². The number of carbonyl (C=O) groups excluding carboxylic acids is 1. The zero-order valence-electron chi connectivity index (χ0n) is 12.6. The second kappa shape index (κ2) is 5.24. The van der Waals surface area contributed by atoms with Gasteiger partial charge >= 0.3 is 6.03 Å². The van der Waals surface area contributed by atoms with Gasteiger partial charge in [0.1, 0.15) is 11.0 Å². The molecule has 2 aliphatic heterocycles. The molecule has 1 aromatic carbocycles. The lowest BCUT2D eigenvalue weighted by molar-refractivity contribution is 0.200. The van der Waals surface area contributed by atoms with Crippen LogP contribution in [0.2, 0.25) is 0 Å². The number of aromatic amines is 1. The first-order valence-electron chi connectivity index (χ1n) is 7.79. The number of hydrogen-bond donors (Lipinski definition) is 2. The summed E-state index contributed by atoms with van der Waals surface area (Å²) in [5.41, 5.74) is 2.31. The molecular formula is C15H20N6O. The molecule has 0 aliphatic carbocycles. The maximum Gasteiger partial charge on any atom is 0.321 e. The van der Waals surface area contributed by atoms with Crippen molar-refractivity contribution in [1.29, 1.82) is 0 Å². The number of urea groups is 1. The molecule has 0 saturated carbocycles. The minimum Gasteiger partial charge on any atom is -0.323 e. The number of benzene rings is 1. The molecule has 3 heterocycles. The zero-order chi connectivity index (χ0) is 15.1. The van der Waals surface area contributed by atoms with Crippen LogP contribution in [0.5, 0.6) is 0 Å². The lowest BCUT2D eigenvalue weighted by Crippen LogP contribution is -2.41. The zero-order valence-corrected chi connectivity index (χ0v) is 12.6. The van der Waals surface area contributed by atoms with E-state index in [2.05, 4.69) is 32.7 Å². The Balaban J connectivity index is 1.47. The topological polar surface area (TPSA) is 77.1 Å². The molecule has 116 valence electrons. The summed E-state index contributed by atoms with van der Waals surface area (Å²) in [5, 5.41) is 13.6. The average Bonchev–Trinajstić information content (AvgIpc) is 3.03. The summed E-state index contributed by atoms with van der Waals surface area (Å²) in [7, 11) is 2.18. The predicted octanol–water partition coefficient (Wildman–Crippen LogP) is 1.66. The van der Waals surface area contributed by atoms with Crippen molar-refractivity contribution in [2.45, 2.75) is 31.3 Å². The SMILES string of the molecule is CN1[C@H]2CC[C@@H]1CN(C(=O)Nc1ccc3n[nH]nc3c1)CC2. The Hall–Kier alpha value is -2.15. The number of aromatic nitrogens is 3. The first kappa shape index (κ1) is 13.5. The lowest BCUT2D eigenvalue weighted by atomic mass is 10.1. The summed E-state index contributed by atoms with van der Waals surface area (Å²) in [6, 6.07) is 6.66. The van der Waals surface area contributed by atoms with E-state index in [1.54, 1.807) is 0 Å². The highest BCUT2D eigenvalue weighted by molar-refractivity contribution is 5.91. The van der Waals surface area contributed by atoms with Crippen molar-refractivity contribution >= 4 is 22.8 Å². The highest BCUT2D eigenvalue weighted by atomic mass is 16.2. The number of fused-ring (bicyclic) bond motifs is 3. The monoisotopic (exact) mass is 300 g/mol. The van der Waals surface area contributed by atoms with Crippen molar-refractivity contribution < 1.29 is 4.79 Å². The Morgan fingerprint density at radius 3 is 2.95 bits per heavy atom. The standard InChI is InChI=1S/C15H20N6O/c1-20-11-3-4-12(20)9-21(7-6-11)15(22)16-10-2-5-13-14(8-10)18-19-17-13/h2,5,8,11-12H,3-4,6-7,9H2,1H3,(H,16,22)(H,17,18,19)/t11-,12+/m0/s1. The van der Waals surface area contributed by atoms with E-state index in [0.29, 0.717) is 12.1 Å². The van der Waals surface area contributed by atoms with Crippen molar-refractivity contribution in [2.75, 3.05) is 25.5 Å². The van der Waals surface area contributed by atoms with Gasteiger partial charge in [-0.25, -0.2) is 4.79 Å². The van der Waals surface area contributed by atoms with Crippen molar-refractivity contribution in [3.8, 4) is 0 Å². The molecule has 1 aromatic heterocycles. The van der Waals surface area contributed by atoms with Crippen LogP contribution in [0, 0.1) is 0 Å². The number of amides is 2. The van der Waals surface area contributed by atoms with Crippen molar-refractivity contribution in [3.63, 3.8) is 0 Å². The molecule has 22 heavy (non-hydrogen) atoms. The summed E-state index contributed by atoms with van der Waals surface area (Å²) >= 11 is 0. The smallest absolute Gasteiger partial charge is 0.321 e. The second-order valence-corrected chi connectivity index (χ2v) is 6.24. The Labute approximate surface area is 128 Å². The number of hydrogen-bond acceptors (Lipinski definition) is 4. The van der Waals surface area contributed by atoms with Crippen LogP contribution < -0.4 is 5.32 Å². The Bertz CT molecular complexity index is 698. The van der Waals surface area contributed by atoms with E-state index in [1.165, 1.54) is 12.8 Å². The molecule has 0 radical (unpaired) electrons.